The molecule has 0 bridgehead atoms. The summed E-state index contributed by atoms with van der Waals surface area (Å²) in [6.07, 6.45) is 13.2. The molecule has 2 heteroatoms. The Morgan fingerprint density at radius 1 is 0.385 bits per heavy atom. The third kappa shape index (κ3) is 7.75. The van der Waals surface area contributed by atoms with Crippen molar-refractivity contribution < 1.29 is 0 Å². The molecule has 1 saturated heterocycles. The van der Waals surface area contributed by atoms with E-state index in [4.69, 9.17) is 0 Å². The van der Waals surface area contributed by atoms with Crippen molar-refractivity contribution in [2.45, 2.75) is 57.8 Å². The van der Waals surface area contributed by atoms with Crippen molar-refractivity contribution >= 4 is 21.6 Å². The molecule has 1 rings (SSSR count). The predicted octanol–water partition coefficient (Wildman–Crippen LogP) is 4.89. The van der Waals surface area contributed by atoms with Crippen LogP contribution in [0, 0.1) is 0 Å². The second-order valence-electron chi connectivity index (χ2n) is 3.83. The van der Waals surface area contributed by atoms with Gasteiger partial charge in [-0.1, -0.05) is 66.5 Å². The summed E-state index contributed by atoms with van der Waals surface area (Å²) in [5.41, 5.74) is 0. The van der Waals surface area contributed by atoms with Gasteiger partial charge in [0.05, 0.1) is 0 Å². The van der Waals surface area contributed by atoms with Crippen molar-refractivity contribution in [2.75, 3.05) is 11.5 Å². The first-order valence-corrected chi connectivity index (χ1v) is 8.23. The molecule has 0 atom stereocenters. The molecule has 1 fully saturated rings. The molecule has 0 spiro atoms. The molecule has 1 heterocycles. The fraction of sp³-hybridized carbons (Fsp3) is 1.00. The summed E-state index contributed by atoms with van der Waals surface area (Å²) in [6, 6.07) is 0. The van der Waals surface area contributed by atoms with E-state index in [9.17, 15) is 0 Å². The van der Waals surface area contributed by atoms with Crippen LogP contribution in [-0.4, -0.2) is 11.5 Å². The van der Waals surface area contributed by atoms with Crippen LogP contribution in [0.1, 0.15) is 57.8 Å². The third-order valence-electron chi connectivity index (χ3n) is 2.54. The molecule has 0 saturated carbocycles. The Kier molecular flexibility index (Phi) is 8.39. The molecular formula is C11H22S2. The largest absolute Gasteiger partial charge is 0.0942 e. The summed E-state index contributed by atoms with van der Waals surface area (Å²) >= 11 is 0. The fourth-order valence-corrected chi connectivity index (χ4v) is 3.97. The molecule has 0 aromatic rings. The highest BCUT2D eigenvalue weighted by molar-refractivity contribution is 8.76. The van der Waals surface area contributed by atoms with Crippen LogP contribution in [0.3, 0.4) is 0 Å². The van der Waals surface area contributed by atoms with Crippen LogP contribution >= 0.6 is 21.6 Å². The average molecular weight is 218 g/mol. The van der Waals surface area contributed by atoms with Crippen LogP contribution in [0.15, 0.2) is 0 Å². The standard InChI is InChI=1S/C11H22S2/c1-2-4-6-8-10-12-13-11-9-7-5-3-1/h1-11H2. The predicted molar refractivity (Wildman–Crippen MR) is 66.5 cm³/mol. The van der Waals surface area contributed by atoms with E-state index in [0.29, 0.717) is 0 Å². The minimum atomic E-state index is 1.38. The van der Waals surface area contributed by atoms with Crippen molar-refractivity contribution in [2.24, 2.45) is 0 Å². The van der Waals surface area contributed by atoms with Crippen LogP contribution in [0.4, 0.5) is 0 Å². The van der Waals surface area contributed by atoms with Gasteiger partial charge >= 0.3 is 0 Å². The Hall–Kier alpha value is 0.700. The van der Waals surface area contributed by atoms with Gasteiger partial charge in [0.15, 0.2) is 0 Å². The summed E-state index contributed by atoms with van der Waals surface area (Å²) in [6.45, 7) is 0. The second-order valence-corrected chi connectivity index (χ2v) is 6.53. The second kappa shape index (κ2) is 9.26. The highest BCUT2D eigenvalue weighted by atomic mass is 33.1. The SMILES string of the molecule is C1CCCCCSSCCCCC1. The normalized spacial score (nSPS) is 24.0. The minimum absolute atomic E-state index is 1.38. The molecule has 78 valence electrons. The lowest BCUT2D eigenvalue weighted by atomic mass is 10.1. The topological polar surface area (TPSA) is 0 Å². The van der Waals surface area contributed by atoms with Crippen molar-refractivity contribution in [3.05, 3.63) is 0 Å². The lowest BCUT2D eigenvalue weighted by Crippen LogP contribution is -1.81. The van der Waals surface area contributed by atoms with E-state index in [1.54, 1.807) is 0 Å². The molecule has 0 unspecified atom stereocenters. The first-order chi connectivity index (χ1) is 6.50. The Balaban J connectivity index is 2.01. The Labute approximate surface area is 91.0 Å². The van der Waals surface area contributed by atoms with Crippen molar-refractivity contribution in [3.63, 3.8) is 0 Å². The zero-order valence-corrected chi connectivity index (χ0v) is 10.2. The van der Waals surface area contributed by atoms with Gasteiger partial charge < -0.3 is 0 Å². The number of hydrogen-bond donors (Lipinski definition) is 0. The van der Waals surface area contributed by atoms with Gasteiger partial charge in [0, 0.05) is 11.5 Å². The summed E-state index contributed by atoms with van der Waals surface area (Å²) in [5, 5.41) is 0. The Morgan fingerprint density at radius 3 is 1.08 bits per heavy atom. The maximum Gasteiger partial charge on any atom is 0.00369 e. The molecule has 13 heavy (non-hydrogen) atoms. The van der Waals surface area contributed by atoms with Gasteiger partial charge in [0.2, 0.25) is 0 Å². The molecule has 0 aromatic carbocycles. The Bertz CT molecular complexity index is 56.2. The van der Waals surface area contributed by atoms with E-state index < -0.39 is 0 Å². The van der Waals surface area contributed by atoms with Crippen molar-refractivity contribution in [1.82, 2.24) is 0 Å². The van der Waals surface area contributed by atoms with Gasteiger partial charge in [0.1, 0.15) is 0 Å². The van der Waals surface area contributed by atoms with E-state index in [2.05, 4.69) is 21.6 Å². The smallest absolute Gasteiger partial charge is 0.00369 e. The highest BCUT2D eigenvalue weighted by Crippen LogP contribution is 2.25. The Morgan fingerprint density at radius 2 is 0.692 bits per heavy atom. The minimum Gasteiger partial charge on any atom is -0.0942 e. The molecular weight excluding hydrogens is 196 g/mol. The first-order valence-electron chi connectivity index (χ1n) is 5.74. The van der Waals surface area contributed by atoms with Gasteiger partial charge in [-0.2, -0.15) is 0 Å². The van der Waals surface area contributed by atoms with Crippen LogP contribution in [0.2, 0.25) is 0 Å². The van der Waals surface area contributed by atoms with Crippen molar-refractivity contribution in [3.8, 4) is 0 Å². The first kappa shape index (κ1) is 11.8. The summed E-state index contributed by atoms with van der Waals surface area (Å²) < 4.78 is 0. The van der Waals surface area contributed by atoms with Crippen LogP contribution < -0.4 is 0 Å². The van der Waals surface area contributed by atoms with E-state index >= 15 is 0 Å². The maximum absolute atomic E-state index is 2.09. The summed E-state index contributed by atoms with van der Waals surface area (Å²) in [5.74, 6) is 2.76. The zero-order chi connectivity index (χ0) is 9.19. The lowest BCUT2D eigenvalue weighted by Gasteiger charge is -1.99. The molecule has 0 radical (unpaired) electrons. The van der Waals surface area contributed by atoms with E-state index in [1.807, 2.05) is 0 Å². The number of rotatable bonds is 0. The van der Waals surface area contributed by atoms with Gasteiger partial charge in [-0.15, -0.1) is 0 Å². The van der Waals surface area contributed by atoms with Crippen LogP contribution in [-0.2, 0) is 0 Å². The van der Waals surface area contributed by atoms with E-state index in [-0.39, 0.29) is 0 Å². The van der Waals surface area contributed by atoms with Crippen LogP contribution in [0.25, 0.3) is 0 Å². The van der Waals surface area contributed by atoms with Crippen LogP contribution in [0.5, 0.6) is 0 Å². The van der Waals surface area contributed by atoms with Gasteiger partial charge in [-0.3, -0.25) is 0 Å². The monoisotopic (exact) mass is 218 g/mol. The molecule has 0 aliphatic carbocycles. The molecule has 0 nitrogen and oxygen atoms in total. The highest BCUT2D eigenvalue weighted by Gasteiger charge is 1.96. The molecule has 1 aliphatic heterocycles. The maximum atomic E-state index is 2.09. The summed E-state index contributed by atoms with van der Waals surface area (Å²) in [7, 11) is 4.18. The summed E-state index contributed by atoms with van der Waals surface area (Å²) in [4.78, 5) is 0. The molecule has 0 aromatic heterocycles. The molecule has 0 amide bonds. The molecule has 1 aliphatic rings. The van der Waals surface area contributed by atoms with Gasteiger partial charge in [-0.25, -0.2) is 0 Å². The zero-order valence-electron chi connectivity index (χ0n) is 8.59. The van der Waals surface area contributed by atoms with Gasteiger partial charge in [-0.05, 0) is 12.8 Å². The van der Waals surface area contributed by atoms with Gasteiger partial charge in [0.25, 0.3) is 0 Å². The van der Waals surface area contributed by atoms with E-state index in [1.165, 1.54) is 69.3 Å². The lowest BCUT2D eigenvalue weighted by molar-refractivity contribution is 0.575. The fourth-order valence-electron chi connectivity index (χ4n) is 1.68. The average Bonchev–Trinajstić information content (AvgIpc) is 2.18. The van der Waals surface area contributed by atoms with Crippen molar-refractivity contribution in [1.29, 1.82) is 0 Å². The third-order valence-corrected chi connectivity index (χ3v) is 5.12. The van der Waals surface area contributed by atoms with E-state index in [0.717, 1.165) is 0 Å². The molecule has 0 N–H and O–H groups in total. The quantitative estimate of drug-likeness (QED) is 0.531. The number of hydrogen-bond acceptors (Lipinski definition) is 2.